The molecule has 0 spiro atoms. The lowest BCUT2D eigenvalue weighted by atomic mass is 10.0. The van der Waals surface area contributed by atoms with E-state index >= 15 is 0 Å². The number of rotatable bonds is 3. The smallest absolute Gasteiger partial charge is 0.347 e. The maximum absolute atomic E-state index is 12.4. The molecule has 3 heteroatoms. The molecule has 0 aliphatic heterocycles. The van der Waals surface area contributed by atoms with Crippen LogP contribution < -0.4 is 5.63 Å². The highest BCUT2D eigenvalue weighted by Gasteiger charge is 2.16. The van der Waals surface area contributed by atoms with Gasteiger partial charge in [-0.25, -0.2) is 4.79 Å². The summed E-state index contributed by atoms with van der Waals surface area (Å²) in [6, 6.07) is 16.7. The summed E-state index contributed by atoms with van der Waals surface area (Å²) in [5, 5.41) is 0.776. The van der Waals surface area contributed by atoms with E-state index in [1.165, 1.54) is 6.08 Å². The molecule has 0 N–H and O–H groups in total. The summed E-state index contributed by atoms with van der Waals surface area (Å²) >= 11 is 0. The van der Waals surface area contributed by atoms with Crippen molar-refractivity contribution in [2.24, 2.45) is 0 Å². The zero-order valence-electron chi connectivity index (χ0n) is 12.1. The molecule has 0 fully saturated rings. The molecule has 3 rings (SSSR count). The summed E-state index contributed by atoms with van der Waals surface area (Å²) in [6.07, 6.45) is 3.10. The van der Waals surface area contributed by atoms with Crippen molar-refractivity contribution in [1.29, 1.82) is 0 Å². The molecule has 0 saturated carbocycles. The minimum atomic E-state index is -0.598. The molecule has 22 heavy (non-hydrogen) atoms. The monoisotopic (exact) mass is 290 g/mol. The number of allylic oxidation sites excluding steroid dienone is 1. The van der Waals surface area contributed by atoms with E-state index in [9.17, 15) is 9.59 Å². The van der Waals surface area contributed by atoms with Crippen molar-refractivity contribution in [3.63, 3.8) is 0 Å². The molecule has 3 nitrogen and oxygen atoms in total. The van der Waals surface area contributed by atoms with E-state index in [-0.39, 0.29) is 11.3 Å². The van der Waals surface area contributed by atoms with Crippen molar-refractivity contribution in [3.05, 3.63) is 87.8 Å². The summed E-state index contributed by atoms with van der Waals surface area (Å²) in [7, 11) is 0. The van der Waals surface area contributed by atoms with Gasteiger partial charge in [-0.15, -0.1) is 0 Å². The predicted octanol–water partition coefficient (Wildman–Crippen LogP) is 4.00. The number of aryl methyl sites for hydroxylation is 1. The Kier molecular flexibility index (Phi) is 3.71. The van der Waals surface area contributed by atoms with Gasteiger partial charge in [0.1, 0.15) is 11.1 Å². The van der Waals surface area contributed by atoms with Crippen LogP contribution in [0.3, 0.4) is 0 Å². The average Bonchev–Trinajstić information content (AvgIpc) is 2.54. The van der Waals surface area contributed by atoms with E-state index < -0.39 is 5.63 Å². The third-order valence-corrected chi connectivity index (χ3v) is 3.55. The number of fused-ring (bicyclic) bond motifs is 1. The average molecular weight is 290 g/mol. The second-order valence-electron chi connectivity index (χ2n) is 4.99. The second kappa shape index (κ2) is 5.82. The van der Waals surface area contributed by atoms with Crippen LogP contribution >= 0.6 is 0 Å². The SMILES string of the molecule is Cc1c(C(=O)/C=C/c2ccccc2)c(=O)oc2ccccc12. The van der Waals surface area contributed by atoms with E-state index in [0.29, 0.717) is 11.1 Å². The second-order valence-corrected chi connectivity index (χ2v) is 4.99. The van der Waals surface area contributed by atoms with Crippen LogP contribution in [0.15, 0.2) is 69.9 Å². The standard InChI is InChI=1S/C19H14O3/c1-13-15-9-5-6-10-17(15)22-19(21)18(13)16(20)12-11-14-7-3-2-4-8-14/h2-12H,1H3/b12-11+. The van der Waals surface area contributed by atoms with E-state index in [1.807, 2.05) is 42.5 Å². The first-order valence-electron chi connectivity index (χ1n) is 6.97. The van der Waals surface area contributed by atoms with Crippen LogP contribution in [0.25, 0.3) is 17.0 Å². The van der Waals surface area contributed by atoms with Crippen LogP contribution in [0.1, 0.15) is 21.5 Å². The molecule has 0 aliphatic carbocycles. The molecule has 0 bridgehead atoms. The number of carbonyl (C=O) groups excluding carboxylic acids is 1. The number of para-hydroxylation sites is 1. The van der Waals surface area contributed by atoms with Gasteiger partial charge < -0.3 is 4.42 Å². The molecule has 0 radical (unpaired) electrons. The Labute approximate surface area is 127 Å². The zero-order valence-corrected chi connectivity index (χ0v) is 12.1. The molecular weight excluding hydrogens is 276 g/mol. The quantitative estimate of drug-likeness (QED) is 0.416. The first-order chi connectivity index (χ1) is 10.7. The first kappa shape index (κ1) is 14.0. The molecule has 2 aromatic carbocycles. The largest absolute Gasteiger partial charge is 0.422 e. The number of carbonyl (C=O) groups is 1. The van der Waals surface area contributed by atoms with Gasteiger partial charge >= 0.3 is 5.63 Å². The summed E-state index contributed by atoms with van der Waals surface area (Å²) in [5.74, 6) is -0.346. The third kappa shape index (κ3) is 2.61. The van der Waals surface area contributed by atoms with Crippen molar-refractivity contribution >= 4 is 22.8 Å². The van der Waals surface area contributed by atoms with Gasteiger partial charge in [-0.05, 0) is 30.2 Å². The van der Waals surface area contributed by atoms with Gasteiger partial charge in [0, 0.05) is 5.39 Å². The molecular formula is C19H14O3. The van der Waals surface area contributed by atoms with Crippen molar-refractivity contribution in [2.75, 3.05) is 0 Å². The van der Waals surface area contributed by atoms with E-state index in [0.717, 1.165) is 10.9 Å². The summed E-state index contributed by atoms with van der Waals surface area (Å²) in [5.41, 5.74) is 1.53. The zero-order chi connectivity index (χ0) is 15.5. The first-order valence-corrected chi connectivity index (χ1v) is 6.97. The van der Waals surface area contributed by atoms with Gasteiger partial charge in [-0.1, -0.05) is 54.6 Å². The Balaban J connectivity index is 2.05. The van der Waals surface area contributed by atoms with Crippen molar-refractivity contribution in [2.45, 2.75) is 6.92 Å². The van der Waals surface area contributed by atoms with Crippen LogP contribution in [-0.2, 0) is 0 Å². The Morgan fingerprint density at radius 2 is 1.68 bits per heavy atom. The van der Waals surface area contributed by atoms with Crippen LogP contribution in [0.2, 0.25) is 0 Å². The van der Waals surface area contributed by atoms with E-state index in [4.69, 9.17) is 4.42 Å². The van der Waals surface area contributed by atoms with Gasteiger partial charge in [0.25, 0.3) is 0 Å². The lowest BCUT2D eigenvalue weighted by Gasteiger charge is -2.04. The summed E-state index contributed by atoms with van der Waals surface area (Å²) in [4.78, 5) is 24.4. The fourth-order valence-corrected chi connectivity index (χ4v) is 2.41. The fourth-order valence-electron chi connectivity index (χ4n) is 2.41. The number of benzene rings is 2. The Hall–Kier alpha value is -2.94. The van der Waals surface area contributed by atoms with Gasteiger partial charge in [0.15, 0.2) is 5.78 Å². The number of hydrogen-bond acceptors (Lipinski definition) is 3. The van der Waals surface area contributed by atoms with Crippen LogP contribution in [0, 0.1) is 6.92 Å². The molecule has 0 unspecified atom stereocenters. The molecule has 3 aromatic rings. The highest BCUT2D eigenvalue weighted by Crippen LogP contribution is 2.19. The summed E-state index contributed by atoms with van der Waals surface area (Å²) < 4.78 is 5.24. The third-order valence-electron chi connectivity index (χ3n) is 3.55. The van der Waals surface area contributed by atoms with Crippen LogP contribution in [0.5, 0.6) is 0 Å². The number of hydrogen-bond donors (Lipinski definition) is 0. The summed E-state index contributed by atoms with van der Waals surface area (Å²) in [6.45, 7) is 1.77. The van der Waals surface area contributed by atoms with Crippen molar-refractivity contribution in [3.8, 4) is 0 Å². The topological polar surface area (TPSA) is 47.3 Å². The van der Waals surface area contributed by atoms with E-state index in [2.05, 4.69) is 0 Å². The highest BCUT2D eigenvalue weighted by atomic mass is 16.4. The molecule has 0 saturated heterocycles. The fraction of sp³-hybridized carbons (Fsp3) is 0.0526. The molecule has 1 heterocycles. The normalized spacial score (nSPS) is 11.1. The van der Waals surface area contributed by atoms with Crippen molar-refractivity contribution < 1.29 is 9.21 Å². The Morgan fingerprint density at radius 1 is 1.00 bits per heavy atom. The van der Waals surface area contributed by atoms with Gasteiger partial charge in [-0.2, -0.15) is 0 Å². The molecule has 108 valence electrons. The lowest BCUT2D eigenvalue weighted by Crippen LogP contribution is -2.14. The predicted molar refractivity (Wildman–Crippen MR) is 87.0 cm³/mol. The van der Waals surface area contributed by atoms with Gasteiger partial charge in [0.05, 0.1) is 0 Å². The molecule has 0 aliphatic rings. The number of ketones is 1. The van der Waals surface area contributed by atoms with E-state index in [1.54, 1.807) is 25.1 Å². The molecule has 0 amide bonds. The Morgan fingerprint density at radius 3 is 2.45 bits per heavy atom. The minimum absolute atomic E-state index is 0.0888. The minimum Gasteiger partial charge on any atom is -0.422 e. The molecule has 1 aromatic heterocycles. The van der Waals surface area contributed by atoms with Gasteiger partial charge in [-0.3, -0.25) is 4.79 Å². The molecule has 0 atom stereocenters. The van der Waals surface area contributed by atoms with Crippen LogP contribution in [-0.4, -0.2) is 5.78 Å². The maximum Gasteiger partial charge on any atom is 0.347 e. The maximum atomic E-state index is 12.4. The van der Waals surface area contributed by atoms with Crippen molar-refractivity contribution in [1.82, 2.24) is 0 Å². The Bertz CT molecular complexity index is 918. The van der Waals surface area contributed by atoms with Gasteiger partial charge in [0.2, 0.25) is 0 Å². The lowest BCUT2D eigenvalue weighted by molar-refractivity contribution is 0.104. The van der Waals surface area contributed by atoms with Crippen LogP contribution in [0.4, 0.5) is 0 Å². The highest BCUT2D eigenvalue weighted by molar-refractivity contribution is 6.09.